The van der Waals surface area contributed by atoms with Gasteiger partial charge in [-0.1, -0.05) is 47.2 Å². The van der Waals surface area contributed by atoms with Crippen LogP contribution in [0.3, 0.4) is 0 Å². The van der Waals surface area contributed by atoms with Crippen LogP contribution in [0.25, 0.3) is 6.08 Å². The maximum Gasteiger partial charge on any atom is 0.338 e. The van der Waals surface area contributed by atoms with E-state index < -0.39 is 12.0 Å². The summed E-state index contributed by atoms with van der Waals surface area (Å²) in [6, 6.07) is 15.9. The van der Waals surface area contributed by atoms with E-state index >= 15 is 0 Å². The molecule has 7 nitrogen and oxygen atoms in total. The molecule has 210 valence electrons. The Balaban J connectivity index is 1.57. The van der Waals surface area contributed by atoms with Gasteiger partial charge in [-0.25, -0.2) is 14.2 Å². The molecule has 4 aromatic rings. The molecule has 0 aliphatic carbocycles. The molecule has 41 heavy (non-hydrogen) atoms. The lowest BCUT2D eigenvalue weighted by Gasteiger charge is -2.25. The van der Waals surface area contributed by atoms with E-state index in [1.54, 1.807) is 67.6 Å². The van der Waals surface area contributed by atoms with Crippen LogP contribution in [0.15, 0.2) is 86.2 Å². The van der Waals surface area contributed by atoms with Crippen molar-refractivity contribution in [1.29, 1.82) is 0 Å². The van der Waals surface area contributed by atoms with Crippen molar-refractivity contribution in [2.75, 3.05) is 14.2 Å². The molecule has 0 bridgehead atoms. The van der Waals surface area contributed by atoms with Gasteiger partial charge < -0.3 is 14.2 Å². The Labute approximate surface area is 251 Å². The average Bonchev–Trinajstić information content (AvgIpc) is 3.26. The van der Waals surface area contributed by atoms with Crippen LogP contribution in [0.1, 0.15) is 29.7 Å². The maximum atomic E-state index is 14.0. The summed E-state index contributed by atoms with van der Waals surface area (Å²) in [5, 5.41) is 0.420. The van der Waals surface area contributed by atoms with Crippen molar-refractivity contribution >= 4 is 50.9 Å². The van der Waals surface area contributed by atoms with Gasteiger partial charge in [0.2, 0.25) is 0 Å². The van der Waals surface area contributed by atoms with Crippen LogP contribution in [-0.4, -0.2) is 24.8 Å². The second-order valence-corrected chi connectivity index (χ2v) is 11.3. The average molecular weight is 658 g/mol. The SMILES string of the molecule is COC(=O)C1=C(C)N=c2s/c(=C\c3ccc(OCc4ccccc4F)c(Br)c3)c(=O)n2[C@H]1c1cc(Cl)ccc1OC. The number of hydrogen-bond donors (Lipinski definition) is 0. The van der Waals surface area contributed by atoms with Gasteiger partial charge in [0.1, 0.15) is 30.0 Å². The Morgan fingerprint density at radius 2 is 1.90 bits per heavy atom. The number of benzene rings is 3. The molecular weight excluding hydrogens is 635 g/mol. The van der Waals surface area contributed by atoms with Crippen molar-refractivity contribution in [3.63, 3.8) is 0 Å². The van der Waals surface area contributed by atoms with Gasteiger partial charge in [-0.15, -0.1) is 0 Å². The second-order valence-electron chi connectivity index (χ2n) is 9.03. The predicted octanol–water partition coefficient (Wildman–Crippen LogP) is 5.55. The van der Waals surface area contributed by atoms with E-state index in [9.17, 15) is 14.0 Å². The molecule has 0 fully saturated rings. The summed E-state index contributed by atoms with van der Waals surface area (Å²) < 4.78 is 32.9. The Bertz CT molecular complexity index is 1880. The molecular formula is C30H23BrClFN2O5S. The van der Waals surface area contributed by atoms with Crippen LogP contribution in [0, 0.1) is 5.82 Å². The zero-order valence-corrected chi connectivity index (χ0v) is 25.3. The minimum Gasteiger partial charge on any atom is -0.496 e. The minimum atomic E-state index is -0.865. The van der Waals surface area contributed by atoms with E-state index in [4.69, 9.17) is 25.8 Å². The number of nitrogens with zero attached hydrogens (tertiary/aromatic N) is 2. The summed E-state index contributed by atoms with van der Waals surface area (Å²) in [6.07, 6.45) is 1.73. The van der Waals surface area contributed by atoms with Gasteiger partial charge in [-0.2, -0.15) is 0 Å². The van der Waals surface area contributed by atoms with Crippen molar-refractivity contribution in [3.05, 3.63) is 124 Å². The number of esters is 1. The summed E-state index contributed by atoms with van der Waals surface area (Å²) in [7, 11) is 2.79. The highest BCUT2D eigenvalue weighted by Crippen LogP contribution is 2.37. The first-order valence-corrected chi connectivity index (χ1v) is 14.3. The Kier molecular flexibility index (Phi) is 8.44. The monoisotopic (exact) mass is 656 g/mol. The molecule has 0 unspecified atom stereocenters. The molecule has 2 heterocycles. The zero-order valence-electron chi connectivity index (χ0n) is 22.1. The minimum absolute atomic E-state index is 0.0675. The van der Waals surface area contributed by atoms with Gasteiger partial charge in [-0.3, -0.25) is 9.36 Å². The number of methoxy groups -OCH3 is 2. The van der Waals surface area contributed by atoms with E-state index in [0.717, 1.165) is 5.56 Å². The number of allylic oxidation sites excluding steroid dienone is 1. The third-order valence-corrected chi connectivity index (χ3v) is 8.35. The van der Waals surface area contributed by atoms with Gasteiger partial charge in [0.05, 0.1) is 34.5 Å². The normalized spacial score (nSPS) is 14.9. The summed E-state index contributed by atoms with van der Waals surface area (Å²) in [5.41, 5.74) is 1.99. The Hall–Kier alpha value is -3.73. The van der Waals surface area contributed by atoms with Crippen molar-refractivity contribution in [1.82, 2.24) is 4.57 Å². The third kappa shape index (κ3) is 5.72. The van der Waals surface area contributed by atoms with Gasteiger partial charge in [0, 0.05) is 16.1 Å². The highest BCUT2D eigenvalue weighted by molar-refractivity contribution is 9.10. The largest absolute Gasteiger partial charge is 0.496 e. The Morgan fingerprint density at radius 3 is 2.61 bits per heavy atom. The summed E-state index contributed by atoms with van der Waals surface area (Å²) in [5.74, 6) is 0.0376. The molecule has 3 aromatic carbocycles. The highest BCUT2D eigenvalue weighted by atomic mass is 79.9. The molecule has 1 aliphatic heterocycles. The lowest BCUT2D eigenvalue weighted by molar-refractivity contribution is -0.136. The first-order chi connectivity index (χ1) is 19.7. The molecule has 1 aromatic heterocycles. The Morgan fingerprint density at radius 1 is 1.15 bits per heavy atom. The fourth-order valence-electron chi connectivity index (χ4n) is 4.55. The molecule has 11 heteroatoms. The van der Waals surface area contributed by atoms with E-state index in [2.05, 4.69) is 20.9 Å². The van der Waals surface area contributed by atoms with Crippen LogP contribution in [0.5, 0.6) is 11.5 Å². The summed E-state index contributed by atoms with van der Waals surface area (Å²) in [4.78, 5) is 31.8. The third-order valence-electron chi connectivity index (χ3n) is 6.51. The van der Waals surface area contributed by atoms with Crippen molar-refractivity contribution in [2.24, 2.45) is 4.99 Å². The smallest absolute Gasteiger partial charge is 0.338 e. The first kappa shape index (κ1) is 28.8. The number of fused-ring (bicyclic) bond motifs is 1. The number of carbonyl (C=O) groups excluding carboxylic acids is 1. The van der Waals surface area contributed by atoms with E-state index in [1.807, 2.05) is 0 Å². The topological polar surface area (TPSA) is 79.1 Å². The van der Waals surface area contributed by atoms with Crippen molar-refractivity contribution in [2.45, 2.75) is 19.6 Å². The van der Waals surface area contributed by atoms with Crippen LogP contribution in [0.2, 0.25) is 5.02 Å². The highest BCUT2D eigenvalue weighted by Gasteiger charge is 2.35. The fourth-order valence-corrected chi connectivity index (χ4v) is 6.29. The number of carbonyl (C=O) groups is 1. The molecule has 5 rings (SSSR count). The van der Waals surface area contributed by atoms with E-state index in [0.29, 0.717) is 47.2 Å². The molecule has 0 N–H and O–H groups in total. The first-order valence-electron chi connectivity index (χ1n) is 12.3. The number of aromatic nitrogens is 1. The summed E-state index contributed by atoms with van der Waals surface area (Å²) in [6.45, 7) is 1.77. The van der Waals surface area contributed by atoms with E-state index in [-0.39, 0.29) is 23.6 Å². The number of halogens is 3. The number of hydrogen-bond acceptors (Lipinski definition) is 7. The van der Waals surface area contributed by atoms with Gasteiger partial charge in [-0.05, 0) is 70.9 Å². The predicted molar refractivity (Wildman–Crippen MR) is 159 cm³/mol. The quantitative estimate of drug-likeness (QED) is 0.244. The fraction of sp³-hybridized carbons (Fsp3) is 0.167. The molecule has 0 radical (unpaired) electrons. The molecule has 0 saturated heterocycles. The van der Waals surface area contributed by atoms with Gasteiger partial charge in [0.15, 0.2) is 4.80 Å². The number of rotatable bonds is 7. The van der Waals surface area contributed by atoms with Crippen LogP contribution in [-0.2, 0) is 16.1 Å². The molecule has 0 saturated carbocycles. The van der Waals surface area contributed by atoms with Crippen molar-refractivity contribution in [3.8, 4) is 11.5 Å². The van der Waals surface area contributed by atoms with Crippen LogP contribution >= 0.6 is 38.9 Å². The van der Waals surface area contributed by atoms with Crippen LogP contribution in [0.4, 0.5) is 4.39 Å². The maximum absolute atomic E-state index is 14.0. The van der Waals surface area contributed by atoms with E-state index in [1.165, 1.54) is 36.2 Å². The number of thiazole rings is 1. The standard InChI is InChI=1S/C30H23BrClFN2O5S/c1-16-26(29(37)39-3)27(20-14-19(32)9-11-23(20)38-2)35-28(36)25(41-30(35)34-16)13-17-8-10-24(21(31)12-17)40-15-18-6-4-5-7-22(18)33/h4-14,27H,15H2,1-3H3/b25-13-/t27-/m0/s1. The molecule has 0 spiro atoms. The summed E-state index contributed by atoms with van der Waals surface area (Å²) >= 11 is 11.0. The second kappa shape index (κ2) is 12.0. The lowest BCUT2D eigenvalue weighted by Crippen LogP contribution is -2.40. The van der Waals surface area contributed by atoms with Gasteiger partial charge >= 0.3 is 5.97 Å². The molecule has 1 aliphatic rings. The molecule has 1 atom stereocenters. The van der Waals surface area contributed by atoms with Crippen LogP contribution < -0.4 is 24.4 Å². The number of ether oxygens (including phenoxy) is 3. The zero-order chi connectivity index (χ0) is 29.3. The van der Waals surface area contributed by atoms with Gasteiger partial charge in [0.25, 0.3) is 5.56 Å². The lowest BCUT2D eigenvalue weighted by atomic mass is 9.95. The van der Waals surface area contributed by atoms with Crippen molar-refractivity contribution < 1.29 is 23.4 Å². The molecule has 0 amide bonds.